The molecule has 76 valence electrons. The maximum Gasteiger partial charge on any atom is 0.130 e. The van der Waals surface area contributed by atoms with Crippen molar-refractivity contribution in [2.24, 2.45) is 0 Å². The smallest absolute Gasteiger partial charge is 0.130 e. The molecule has 1 heterocycles. The Bertz CT molecular complexity index is 323. The summed E-state index contributed by atoms with van der Waals surface area (Å²) in [6, 6.07) is 2.84. The van der Waals surface area contributed by atoms with E-state index in [1.165, 1.54) is 18.4 Å². The van der Waals surface area contributed by atoms with Gasteiger partial charge in [-0.05, 0) is 34.8 Å². The maximum atomic E-state index is 4.30. The van der Waals surface area contributed by atoms with Gasteiger partial charge in [-0.2, -0.15) is 0 Å². The first-order chi connectivity index (χ1) is 6.79. The summed E-state index contributed by atoms with van der Waals surface area (Å²) in [4.78, 5) is 4.30. The lowest BCUT2D eigenvalue weighted by Gasteiger charge is -2.08. The zero-order valence-electron chi connectivity index (χ0n) is 8.18. The summed E-state index contributed by atoms with van der Waals surface area (Å²) >= 11 is 3.43. The third-order valence-corrected chi connectivity index (χ3v) is 2.76. The van der Waals surface area contributed by atoms with E-state index >= 15 is 0 Å². The Balaban J connectivity index is 2.07. The lowest BCUT2D eigenvalue weighted by molar-refractivity contribution is 0.687. The van der Waals surface area contributed by atoms with Crippen LogP contribution in [0.5, 0.6) is 0 Å². The number of pyridine rings is 1. The monoisotopic (exact) mass is 255 g/mol. The van der Waals surface area contributed by atoms with Crippen LogP contribution in [-0.2, 0) is 6.54 Å². The molecular formula is C10H14BrN3. The van der Waals surface area contributed by atoms with E-state index in [1.54, 1.807) is 0 Å². The van der Waals surface area contributed by atoms with E-state index in [2.05, 4.69) is 37.6 Å². The molecule has 0 aliphatic heterocycles. The molecule has 1 aromatic rings. The van der Waals surface area contributed by atoms with Crippen molar-refractivity contribution in [1.82, 2.24) is 10.3 Å². The number of nitrogens with one attached hydrogen (secondary N) is 2. The molecule has 0 saturated heterocycles. The Hall–Kier alpha value is -0.610. The van der Waals surface area contributed by atoms with Crippen LogP contribution in [0.4, 0.5) is 5.82 Å². The molecule has 1 saturated carbocycles. The fraction of sp³-hybridized carbons (Fsp3) is 0.500. The zero-order chi connectivity index (χ0) is 9.97. The van der Waals surface area contributed by atoms with Crippen molar-refractivity contribution in [1.29, 1.82) is 0 Å². The first kappa shape index (κ1) is 9.93. The van der Waals surface area contributed by atoms with Gasteiger partial charge >= 0.3 is 0 Å². The molecule has 1 aromatic heterocycles. The van der Waals surface area contributed by atoms with Crippen LogP contribution in [0.25, 0.3) is 0 Å². The van der Waals surface area contributed by atoms with Gasteiger partial charge in [-0.1, -0.05) is 0 Å². The minimum atomic E-state index is 0.735. The van der Waals surface area contributed by atoms with Gasteiger partial charge in [-0.25, -0.2) is 4.98 Å². The average Bonchev–Trinajstić information content (AvgIpc) is 2.98. The molecule has 2 N–H and O–H groups in total. The number of nitrogens with zero attached hydrogens (tertiary/aromatic N) is 1. The minimum Gasteiger partial charge on any atom is -0.373 e. The number of rotatable bonds is 4. The second-order valence-electron chi connectivity index (χ2n) is 3.57. The van der Waals surface area contributed by atoms with Crippen molar-refractivity contribution in [3.8, 4) is 0 Å². The topological polar surface area (TPSA) is 37.0 Å². The van der Waals surface area contributed by atoms with E-state index in [9.17, 15) is 0 Å². The lowest BCUT2D eigenvalue weighted by atomic mass is 10.2. The van der Waals surface area contributed by atoms with Crippen LogP contribution in [0.2, 0.25) is 0 Å². The summed E-state index contributed by atoms with van der Waals surface area (Å²) < 4.78 is 1.03. The second-order valence-corrected chi connectivity index (χ2v) is 4.48. The third kappa shape index (κ3) is 2.45. The van der Waals surface area contributed by atoms with Crippen molar-refractivity contribution in [2.75, 3.05) is 12.4 Å². The number of hydrogen-bond donors (Lipinski definition) is 2. The molecule has 2 rings (SSSR count). The van der Waals surface area contributed by atoms with Crippen molar-refractivity contribution in [3.63, 3.8) is 0 Å². The first-order valence-electron chi connectivity index (χ1n) is 4.85. The molecule has 0 radical (unpaired) electrons. The van der Waals surface area contributed by atoms with E-state index < -0.39 is 0 Å². The Morgan fingerprint density at radius 2 is 2.36 bits per heavy atom. The summed E-state index contributed by atoms with van der Waals surface area (Å²) in [5.41, 5.74) is 1.22. The van der Waals surface area contributed by atoms with Crippen LogP contribution >= 0.6 is 15.9 Å². The molecule has 3 nitrogen and oxygen atoms in total. The number of hydrogen-bond acceptors (Lipinski definition) is 3. The van der Waals surface area contributed by atoms with E-state index in [-0.39, 0.29) is 0 Å². The quantitative estimate of drug-likeness (QED) is 0.866. The average molecular weight is 256 g/mol. The standard InChI is InChI=1S/C10H14BrN3/c1-12-10-7(4-8(11)6-14-10)5-13-9-2-3-9/h4,6,9,13H,2-3,5H2,1H3,(H,12,14). The Kier molecular flexibility index (Phi) is 3.03. The van der Waals surface area contributed by atoms with Gasteiger partial charge in [0.1, 0.15) is 5.82 Å². The highest BCUT2D eigenvalue weighted by Crippen LogP contribution is 2.22. The molecule has 0 bridgehead atoms. The normalized spacial score (nSPS) is 15.6. The fourth-order valence-electron chi connectivity index (χ4n) is 1.38. The van der Waals surface area contributed by atoms with Crippen LogP contribution in [-0.4, -0.2) is 18.1 Å². The van der Waals surface area contributed by atoms with Gasteiger partial charge in [0.2, 0.25) is 0 Å². The van der Waals surface area contributed by atoms with E-state index in [0.29, 0.717) is 0 Å². The van der Waals surface area contributed by atoms with Gasteiger partial charge in [0.05, 0.1) is 0 Å². The van der Waals surface area contributed by atoms with Gasteiger partial charge in [0, 0.05) is 35.9 Å². The highest BCUT2D eigenvalue weighted by molar-refractivity contribution is 9.10. The Morgan fingerprint density at radius 1 is 1.57 bits per heavy atom. The van der Waals surface area contributed by atoms with Crippen LogP contribution in [0.15, 0.2) is 16.7 Å². The van der Waals surface area contributed by atoms with Crippen molar-refractivity contribution in [2.45, 2.75) is 25.4 Å². The molecule has 14 heavy (non-hydrogen) atoms. The van der Waals surface area contributed by atoms with Crippen LogP contribution in [0.3, 0.4) is 0 Å². The second kappa shape index (κ2) is 4.28. The highest BCUT2D eigenvalue weighted by Gasteiger charge is 2.20. The van der Waals surface area contributed by atoms with Gasteiger partial charge in [0.25, 0.3) is 0 Å². The molecule has 1 aliphatic rings. The molecule has 0 amide bonds. The fourth-order valence-corrected chi connectivity index (χ4v) is 1.76. The first-order valence-corrected chi connectivity index (χ1v) is 5.64. The van der Waals surface area contributed by atoms with E-state index in [4.69, 9.17) is 0 Å². The summed E-state index contributed by atoms with van der Waals surface area (Å²) in [7, 11) is 1.90. The van der Waals surface area contributed by atoms with Crippen molar-refractivity contribution >= 4 is 21.7 Å². The number of aromatic nitrogens is 1. The molecule has 1 fully saturated rings. The number of halogens is 1. The lowest BCUT2D eigenvalue weighted by Crippen LogP contribution is -2.16. The largest absolute Gasteiger partial charge is 0.373 e. The van der Waals surface area contributed by atoms with Crippen molar-refractivity contribution < 1.29 is 0 Å². The van der Waals surface area contributed by atoms with Crippen LogP contribution < -0.4 is 10.6 Å². The summed E-state index contributed by atoms with van der Waals surface area (Å²) in [6.45, 7) is 0.896. The van der Waals surface area contributed by atoms with Gasteiger partial charge in [0.15, 0.2) is 0 Å². The molecule has 0 spiro atoms. The highest BCUT2D eigenvalue weighted by atomic mass is 79.9. The van der Waals surface area contributed by atoms with Crippen molar-refractivity contribution in [3.05, 3.63) is 22.3 Å². The van der Waals surface area contributed by atoms with Gasteiger partial charge in [-0.3, -0.25) is 0 Å². The van der Waals surface area contributed by atoms with Crippen LogP contribution in [0.1, 0.15) is 18.4 Å². The van der Waals surface area contributed by atoms with E-state index in [1.807, 2.05) is 13.2 Å². The molecule has 4 heteroatoms. The molecule has 0 atom stereocenters. The van der Waals surface area contributed by atoms with E-state index in [0.717, 1.165) is 22.9 Å². The summed E-state index contributed by atoms with van der Waals surface area (Å²) in [6.07, 6.45) is 4.44. The molecular weight excluding hydrogens is 242 g/mol. The summed E-state index contributed by atoms with van der Waals surface area (Å²) in [5, 5.41) is 6.57. The maximum absolute atomic E-state index is 4.30. The molecule has 1 aliphatic carbocycles. The summed E-state index contributed by atoms with van der Waals surface area (Å²) in [5.74, 6) is 0.960. The predicted molar refractivity (Wildman–Crippen MR) is 61.3 cm³/mol. The number of anilines is 1. The Labute approximate surface area is 92.4 Å². The SMILES string of the molecule is CNc1ncc(Br)cc1CNC1CC1. The molecule has 0 unspecified atom stereocenters. The van der Waals surface area contributed by atoms with Gasteiger partial charge < -0.3 is 10.6 Å². The third-order valence-electron chi connectivity index (χ3n) is 2.33. The Morgan fingerprint density at radius 3 is 3.00 bits per heavy atom. The minimum absolute atomic E-state index is 0.735. The predicted octanol–water partition coefficient (Wildman–Crippen LogP) is 2.14. The zero-order valence-corrected chi connectivity index (χ0v) is 9.76. The molecule has 0 aromatic carbocycles. The van der Waals surface area contributed by atoms with Crippen LogP contribution in [0, 0.1) is 0 Å². The van der Waals surface area contributed by atoms with Gasteiger partial charge in [-0.15, -0.1) is 0 Å².